The fourth-order valence-corrected chi connectivity index (χ4v) is 1.16. The van der Waals surface area contributed by atoms with Crippen molar-refractivity contribution >= 4 is 12.4 Å². The summed E-state index contributed by atoms with van der Waals surface area (Å²) in [6, 6.07) is 7.17. The van der Waals surface area contributed by atoms with Gasteiger partial charge in [-0.25, -0.2) is 0 Å². The Morgan fingerprint density at radius 2 is 2.21 bits per heavy atom. The molecule has 14 heavy (non-hydrogen) atoms. The van der Waals surface area contributed by atoms with Crippen LogP contribution in [0.2, 0.25) is 0 Å². The molecule has 1 aromatic carbocycles. The molecule has 1 aromatic rings. The van der Waals surface area contributed by atoms with Crippen LogP contribution in [0, 0.1) is 0 Å². The molecule has 0 heterocycles. The number of alkyl halides is 1. The van der Waals surface area contributed by atoms with Gasteiger partial charge < -0.3 is 10.5 Å². The molecule has 1 atom stereocenters. The van der Waals surface area contributed by atoms with Gasteiger partial charge in [-0.05, 0) is 24.1 Å². The lowest BCUT2D eigenvalue weighted by Gasteiger charge is -2.10. The topological polar surface area (TPSA) is 35.2 Å². The van der Waals surface area contributed by atoms with E-state index in [1.54, 1.807) is 7.11 Å². The summed E-state index contributed by atoms with van der Waals surface area (Å²) in [4.78, 5) is 0. The molecule has 0 aromatic heterocycles. The number of hydrogen-bond acceptors (Lipinski definition) is 2. The van der Waals surface area contributed by atoms with Gasteiger partial charge in [0, 0.05) is 6.04 Å². The molecule has 0 saturated heterocycles. The number of rotatable bonds is 4. The number of nitrogens with two attached hydrogens (primary N) is 1. The first kappa shape index (κ1) is 13.2. The Balaban J connectivity index is 0.00000169. The zero-order chi connectivity index (χ0) is 9.68. The van der Waals surface area contributed by atoms with Crippen molar-refractivity contribution in [3.63, 3.8) is 0 Å². The molecule has 0 saturated carbocycles. The number of benzene rings is 1. The van der Waals surface area contributed by atoms with Gasteiger partial charge in [0.1, 0.15) is 5.75 Å². The second-order valence-electron chi connectivity index (χ2n) is 2.86. The highest BCUT2D eigenvalue weighted by molar-refractivity contribution is 5.85. The van der Waals surface area contributed by atoms with Crippen molar-refractivity contribution < 1.29 is 9.13 Å². The first-order valence-electron chi connectivity index (χ1n) is 4.23. The van der Waals surface area contributed by atoms with E-state index in [-0.39, 0.29) is 18.4 Å². The molecule has 0 aliphatic heterocycles. The van der Waals surface area contributed by atoms with Crippen LogP contribution >= 0.6 is 12.4 Å². The zero-order valence-corrected chi connectivity index (χ0v) is 8.89. The molecule has 0 radical (unpaired) electrons. The molecule has 1 rings (SSSR count). The Bertz CT molecular complexity index is 270. The molecule has 80 valence electrons. The van der Waals surface area contributed by atoms with Gasteiger partial charge >= 0.3 is 0 Å². The molecule has 0 spiro atoms. The maximum atomic E-state index is 12.0. The minimum Gasteiger partial charge on any atom is -0.497 e. The molecule has 2 N–H and O–H groups in total. The van der Waals surface area contributed by atoms with Crippen LogP contribution in [-0.2, 0) is 0 Å². The highest BCUT2D eigenvalue weighted by atomic mass is 35.5. The van der Waals surface area contributed by atoms with Crippen molar-refractivity contribution in [2.24, 2.45) is 5.73 Å². The zero-order valence-electron chi connectivity index (χ0n) is 8.07. The van der Waals surface area contributed by atoms with Gasteiger partial charge in [-0.1, -0.05) is 12.1 Å². The monoisotopic (exact) mass is 219 g/mol. The second-order valence-corrected chi connectivity index (χ2v) is 2.86. The highest BCUT2D eigenvalue weighted by Gasteiger charge is 2.05. The summed E-state index contributed by atoms with van der Waals surface area (Å²) in [5, 5.41) is 0. The molecule has 0 unspecified atom stereocenters. The van der Waals surface area contributed by atoms with Crippen molar-refractivity contribution in [3.05, 3.63) is 29.8 Å². The van der Waals surface area contributed by atoms with Crippen molar-refractivity contribution in [1.82, 2.24) is 0 Å². The van der Waals surface area contributed by atoms with E-state index in [0.29, 0.717) is 6.42 Å². The Morgan fingerprint density at radius 1 is 1.50 bits per heavy atom. The number of methoxy groups -OCH3 is 1. The average molecular weight is 220 g/mol. The average Bonchev–Trinajstić information content (AvgIpc) is 2.18. The fourth-order valence-electron chi connectivity index (χ4n) is 1.16. The SMILES string of the molecule is COc1cccc([C@@H](N)CCF)c1.Cl. The van der Waals surface area contributed by atoms with E-state index < -0.39 is 6.67 Å². The second kappa shape index (κ2) is 6.62. The number of ether oxygens (including phenoxy) is 1. The van der Waals surface area contributed by atoms with E-state index in [9.17, 15) is 4.39 Å². The van der Waals surface area contributed by atoms with Crippen LogP contribution in [-0.4, -0.2) is 13.8 Å². The first-order chi connectivity index (χ1) is 6.27. The third-order valence-electron chi connectivity index (χ3n) is 1.94. The van der Waals surface area contributed by atoms with Gasteiger partial charge in [0.15, 0.2) is 0 Å². The molecule has 0 bridgehead atoms. The van der Waals surface area contributed by atoms with Crippen molar-refractivity contribution in [1.29, 1.82) is 0 Å². The summed E-state index contributed by atoms with van der Waals surface area (Å²) in [5.74, 6) is 0.756. The van der Waals surface area contributed by atoms with E-state index in [0.717, 1.165) is 11.3 Å². The summed E-state index contributed by atoms with van der Waals surface area (Å²) in [5.41, 5.74) is 6.65. The number of halogens is 2. The molecule has 2 nitrogen and oxygen atoms in total. The van der Waals surface area contributed by atoms with Gasteiger partial charge in [0.25, 0.3) is 0 Å². The lowest BCUT2D eigenvalue weighted by molar-refractivity contribution is 0.411. The standard InChI is InChI=1S/C10H14FNO.ClH/c1-13-9-4-2-3-8(7-9)10(12)5-6-11;/h2-4,7,10H,5-6,12H2,1H3;1H/t10-;/m0./s1. The van der Waals surface area contributed by atoms with Gasteiger partial charge in [-0.3, -0.25) is 4.39 Å². The van der Waals surface area contributed by atoms with Crippen LogP contribution in [0.5, 0.6) is 5.75 Å². The normalized spacial score (nSPS) is 11.6. The maximum absolute atomic E-state index is 12.0. The summed E-state index contributed by atoms with van der Waals surface area (Å²) in [6.45, 7) is -0.390. The lowest BCUT2D eigenvalue weighted by Crippen LogP contribution is -2.10. The molecule has 0 aliphatic rings. The Morgan fingerprint density at radius 3 is 2.79 bits per heavy atom. The van der Waals surface area contributed by atoms with Crippen LogP contribution in [0.15, 0.2) is 24.3 Å². The smallest absolute Gasteiger partial charge is 0.119 e. The number of hydrogen-bond donors (Lipinski definition) is 1. The molecule has 0 fully saturated rings. The van der Waals surface area contributed by atoms with Crippen molar-refractivity contribution in [3.8, 4) is 5.75 Å². The summed E-state index contributed by atoms with van der Waals surface area (Å²) in [7, 11) is 1.60. The van der Waals surface area contributed by atoms with Gasteiger partial charge in [-0.2, -0.15) is 0 Å². The summed E-state index contributed by atoms with van der Waals surface area (Å²) >= 11 is 0. The Hall–Kier alpha value is -0.800. The van der Waals surface area contributed by atoms with Crippen LogP contribution in [0.25, 0.3) is 0 Å². The predicted molar refractivity (Wildman–Crippen MR) is 57.8 cm³/mol. The Labute approximate surface area is 89.7 Å². The quantitative estimate of drug-likeness (QED) is 0.845. The van der Waals surface area contributed by atoms with Crippen LogP contribution in [0.3, 0.4) is 0 Å². The molecule has 0 amide bonds. The Kier molecular flexibility index (Phi) is 6.25. The first-order valence-corrected chi connectivity index (χ1v) is 4.23. The molecular weight excluding hydrogens is 205 g/mol. The minimum atomic E-state index is -0.390. The molecule has 4 heteroatoms. The third kappa shape index (κ3) is 3.52. The molecular formula is C10H15ClFNO. The van der Waals surface area contributed by atoms with Gasteiger partial charge in [0.05, 0.1) is 13.8 Å². The molecule has 0 aliphatic carbocycles. The van der Waals surface area contributed by atoms with Gasteiger partial charge in [-0.15, -0.1) is 12.4 Å². The van der Waals surface area contributed by atoms with E-state index in [4.69, 9.17) is 10.5 Å². The lowest BCUT2D eigenvalue weighted by atomic mass is 10.1. The van der Waals surface area contributed by atoms with E-state index in [2.05, 4.69) is 0 Å². The summed E-state index contributed by atoms with van der Waals surface area (Å²) in [6.07, 6.45) is 0.354. The van der Waals surface area contributed by atoms with Gasteiger partial charge in [0.2, 0.25) is 0 Å². The van der Waals surface area contributed by atoms with Crippen LogP contribution in [0.4, 0.5) is 4.39 Å². The fraction of sp³-hybridized carbons (Fsp3) is 0.400. The maximum Gasteiger partial charge on any atom is 0.119 e. The van der Waals surface area contributed by atoms with Crippen LogP contribution in [0.1, 0.15) is 18.0 Å². The van der Waals surface area contributed by atoms with E-state index in [1.807, 2.05) is 24.3 Å². The largest absolute Gasteiger partial charge is 0.497 e. The predicted octanol–water partition coefficient (Wildman–Crippen LogP) is 2.48. The third-order valence-corrected chi connectivity index (χ3v) is 1.94. The van der Waals surface area contributed by atoms with Crippen molar-refractivity contribution in [2.75, 3.05) is 13.8 Å². The van der Waals surface area contributed by atoms with Crippen LogP contribution < -0.4 is 10.5 Å². The van der Waals surface area contributed by atoms with E-state index >= 15 is 0 Å². The van der Waals surface area contributed by atoms with Crippen molar-refractivity contribution in [2.45, 2.75) is 12.5 Å². The highest BCUT2D eigenvalue weighted by Crippen LogP contribution is 2.19. The summed E-state index contributed by atoms with van der Waals surface area (Å²) < 4.78 is 17.0. The minimum absolute atomic E-state index is 0. The van der Waals surface area contributed by atoms with E-state index in [1.165, 1.54) is 0 Å².